The second-order valence-electron chi connectivity index (χ2n) is 6.29. The number of hydrogen-bond acceptors (Lipinski definition) is 9. The number of nitrogens with zero attached hydrogens (tertiary/aromatic N) is 3. The van der Waals surface area contributed by atoms with E-state index in [1.165, 1.54) is 63.9 Å². The van der Waals surface area contributed by atoms with Crippen molar-refractivity contribution in [3.63, 3.8) is 0 Å². The van der Waals surface area contributed by atoms with Gasteiger partial charge in [0.1, 0.15) is 18.0 Å². The van der Waals surface area contributed by atoms with Crippen LogP contribution in [0.15, 0.2) is 41.5 Å². The molecule has 2 rings (SSSR count). The van der Waals surface area contributed by atoms with Gasteiger partial charge in [0.15, 0.2) is 5.75 Å². The van der Waals surface area contributed by atoms with Crippen LogP contribution in [-0.2, 0) is 14.8 Å². The summed E-state index contributed by atoms with van der Waals surface area (Å²) >= 11 is 0. The van der Waals surface area contributed by atoms with Crippen molar-refractivity contribution in [2.45, 2.75) is 0 Å². The number of amides is 1. The van der Waals surface area contributed by atoms with Crippen LogP contribution in [0.1, 0.15) is 5.56 Å². The molecule has 0 aromatic heterocycles. The van der Waals surface area contributed by atoms with E-state index in [1.807, 2.05) is 0 Å². The molecule has 0 fully saturated rings. The van der Waals surface area contributed by atoms with Gasteiger partial charge in [0.25, 0.3) is 5.91 Å². The van der Waals surface area contributed by atoms with Crippen LogP contribution >= 0.6 is 0 Å². The second-order valence-corrected chi connectivity index (χ2v) is 8.20. The molecule has 1 amide bonds. The summed E-state index contributed by atoms with van der Waals surface area (Å²) in [4.78, 5) is 22.8. The summed E-state index contributed by atoms with van der Waals surface area (Å²) in [5.41, 5.74) is 2.40. The molecule has 0 saturated carbocycles. The Kier molecular flexibility index (Phi) is 7.96. The fourth-order valence-electron chi connectivity index (χ4n) is 2.65. The minimum atomic E-state index is -3.85. The van der Waals surface area contributed by atoms with Crippen molar-refractivity contribution < 1.29 is 32.3 Å². The molecule has 0 saturated heterocycles. The number of anilines is 1. The molecule has 32 heavy (non-hydrogen) atoms. The summed E-state index contributed by atoms with van der Waals surface area (Å²) in [7, 11) is 0.261. The smallest absolute Gasteiger partial charge is 0.311 e. The molecule has 12 nitrogen and oxygen atoms in total. The predicted octanol–water partition coefficient (Wildman–Crippen LogP) is 1.54. The highest BCUT2D eigenvalue weighted by atomic mass is 32.2. The number of nitrogens with one attached hydrogen (secondary N) is 1. The van der Waals surface area contributed by atoms with Gasteiger partial charge in [0, 0.05) is 17.7 Å². The highest BCUT2D eigenvalue weighted by molar-refractivity contribution is 7.92. The molecule has 13 heteroatoms. The first-order chi connectivity index (χ1) is 15.1. The Morgan fingerprint density at radius 3 is 2.38 bits per heavy atom. The molecule has 0 aliphatic heterocycles. The molecule has 0 unspecified atom stereocenters. The van der Waals surface area contributed by atoms with Gasteiger partial charge in [-0.05, 0) is 24.3 Å². The number of rotatable bonds is 10. The van der Waals surface area contributed by atoms with Gasteiger partial charge in [-0.3, -0.25) is 19.2 Å². The van der Waals surface area contributed by atoms with Crippen molar-refractivity contribution in [1.29, 1.82) is 0 Å². The van der Waals surface area contributed by atoms with E-state index in [4.69, 9.17) is 14.2 Å². The topological polar surface area (TPSA) is 150 Å². The van der Waals surface area contributed by atoms with E-state index in [-0.39, 0.29) is 22.9 Å². The number of carbonyl (C=O) groups is 1. The Bertz CT molecular complexity index is 1130. The van der Waals surface area contributed by atoms with E-state index < -0.39 is 27.4 Å². The molecule has 0 bridgehead atoms. The molecule has 0 spiro atoms. The molecule has 172 valence electrons. The van der Waals surface area contributed by atoms with Crippen molar-refractivity contribution in [2.75, 3.05) is 38.4 Å². The normalized spacial score (nSPS) is 11.1. The number of sulfonamides is 1. The number of carbonyl (C=O) groups excluding carboxylic acids is 1. The van der Waals surface area contributed by atoms with Gasteiger partial charge in [0.05, 0.1) is 44.4 Å². The first kappa shape index (κ1) is 24.4. The second kappa shape index (κ2) is 10.4. The maximum absolute atomic E-state index is 12.3. The molecule has 0 heterocycles. The van der Waals surface area contributed by atoms with Gasteiger partial charge < -0.3 is 14.2 Å². The van der Waals surface area contributed by atoms with Gasteiger partial charge in [0.2, 0.25) is 10.0 Å². The summed E-state index contributed by atoms with van der Waals surface area (Å²) in [6, 6.07) is 8.59. The quantitative estimate of drug-likeness (QED) is 0.315. The number of hydrogen-bond donors (Lipinski definition) is 1. The molecular weight excluding hydrogens is 444 g/mol. The lowest BCUT2D eigenvalue weighted by Gasteiger charge is -2.23. The van der Waals surface area contributed by atoms with E-state index >= 15 is 0 Å². The van der Waals surface area contributed by atoms with Crippen LogP contribution in [-0.4, -0.2) is 59.6 Å². The number of ether oxygens (including phenoxy) is 3. The fourth-order valence-corrected chi connectivity index (χ4v) is 3.51. The van der Waals surface area contributed by atoms with Gasteiger partial charge in [-0.1, -0.05) is 0 Å². The minimum absolute atomic E-state index is 0.0772. The third-order valence-electron chi connectivity index (χ3n) is 4.15. The van der Waals surface area contributed by atoms with Gasteiger partial charge >= 0.3 is 5.69 Å². The van der Waals surface area contributed by atoms with E-state index in [0.29, 0.717) is 11.3 Å². The maximum Gasteiger partial charge on any atom is 0.311 e. The van der Waals surface area contributed by atoms with Gasteiger partial charge in [-0.25, -0.2) is 13.8 Å². The zero-order chi connectivity index (χ0) is 23.9. The molecule has 2 aromatic rings. The molecule has 0 aliphatic rings. The van der Waals surface area contributed by atoms with Crippen LogP contribution in [0.2, 0.25) is 0 Å². The van der Waals surface area contributed by atoms with E-state index in [0.717, 1.165) is 10.6 Å². The van der Waals surface area contributed by atoms with Crippen LogP contribution < -0.4 is 23.9 Å². The van der Waals surface area contributed by atoms with Crippen molar-refractivity contribution in [3.8, 4) is 17.2 Å². The van der Waals surface area contributed by atoms with Crippen LogP contribution in [0, 0.1) is 10.1 Å². The lowest BCUT2D eigenvalue weighted by atomic mass is 10.2. The SMILES string of the molecule is COc1ccc(N(CC(=O)N/N=C\c2ccc(OC)c([N+](=O)[O-])c2)S(C)(=O)=O)c(OC)c1. The van der Waals surface area contributed by atoms with Crippen LogP contribution in [0.5, 0.6) is 17.2 Å². The van der Waals surface area contributed by atoms with Gasteiger partial charge in [-0.15, -0.1) is 0 Å². The van der Waals surface area contributed by atoms with E-state index in [1.54, 1.807) is 0 Å². The molecule has 0 aliphatic carbocycles. The van der Waals surface area contributed by atoms with E-state index in [2.05, 4.69) is 10.5 Å². The number of nitro groups is 1. The zero-order valence-corrected chi connectivity index (χ0v) is 18.6. The largest absolute Gasteiger partial charge is 0.497 e. The molecule has 0 radical (unpaired) electrons. The van der Waals surface area contributed by atoms with E-state index in [9.17, 15) is 23.3 Å². The third kappa shape index (κ3) is 6.07. The maximum atomic E-state index is 12.3. The fraction of sp³-hybridized carbons (Fsp3) is 0.263. The molecular formula is C19H22N4O8S. The van der Waals surface area contributed by atoms with Crippen molar-refractivity contribution in [2.24, 2.45) is 5.10 Å². The average Bonchev–Trinajstić information content (AvgIpc) is 2.76. The predicted molar refractivity (Wildman–Crippen MR) is 117 cm³/mol. The number of hydrazone groups is 1. The molecule has 0 atom stereocenters. The van der Waals surface area contributed by atoms with Gasteiger partial charge in [-0.2, -0.15) is 5.10 Å². The third-order valence-corrected chi connectivity index (χ3v) is 5.27. The Balaban J connectivity index is 2.19. The van der Waals surface area contributed by atoms with Crippen molar-refractivity contribution in [3.05, 3.63) is 52.1 Å². The first-order valence-corrected chi connectivity index (χ1v) is 10.8. The highest BCUT2D eigenvalue weighted by Crippen LogP contribution is 2.33. The Morgan fingerprint density at radius 2 is 1.81 bits per heavy atom. The standard InChI is InChI=1S/C19H22N4O8S/c1-29-14-6-7-15(18(10-14)31-3)22(32(4,27)28)12-19(24)21-20-11-13-5-8-17(30-2)16(9-13)23(25)26/h5-11H,12H2,1-4H3,(H,21,24)/b20-11-. The van der Waals surface area contributed by atoms with Crippen molar-refractivity contribution in [1.82, 2.24) is 5.43 Å². The lowest BCUT2D eigenvalue weighted by molar-refractivity contribution is -0.385. The summed E-state index contributed by atoms with van der Waals surface area (Å²) in [6.45, 7) is -0.582. The minimum Gasteiger partial charge on any atom is -0.497 e. The Hall–Kier alpha value is -3.87. The summed E-state index contributed by atoms with van der Waals surface area (Å²) in [5, 5.41) is 14.8. The number of nitro benzene ring substituents is 1. The molecule has 2 aromatic carbocycles. The first-order valence-electron chi connectivity index (χ1n) is 8.94. The summed E-state index contributed by atoms with van der Waals surface area (Å²) in [5.74, 6) is -0.0284. The van der Waals surface area contributed by atoms with Crippen LogP contribution in [0.4, 0.5) is 11.4 Å². The number of methoxy groups -OCH3 is 3. The Labute approximate surface area is 184 Å². The lowest BCUT2D eigenvalue weighted by Crippen LogP contribution is -2.39. The average molecular weight is 466 g/mol. The zero-order valence-electron chi connectivity index (χ0n) is 17.8. The number of benzene rings is 2. The highest BCUT2D eigenvalue weighted by Gasteiger charge is 2.24. The van der Waals surface area contributed by atoms with Crippen LogP contribution in [0.3, 0.4) is 0 Å². The van der Waals surface area contributed by atoms with Crippen molar-refractivity contribution >= 4 is 33.5 Å². The molecule has 1 N–H and O–H groups in total. The Morgan fingerprint density at radius 1 is 1.12 bits per heavy atom. The monoisotopic (exact) mass is 466 g/mol. The summed E-state index contributed by atoms with van der Waals surface area (Å²) < 4.78 is 40.7. The summed E-state index contributed by atoms with van der Waals surface area (Å²) in [6.07, 6.45) is 2.13. The van der Waals surface area contributed by atoms with Crippen LogP contribution in [0.25, 0.3) is 0 Å².